The molecule has 0 heterocycles. The maximum Gasteiger partial charge on any atom is 0.407 e. The summed E-state index contributed by atoms with van der Waals surface area (Å²) in [6.45, 7) is 6.64. The third-order valence-electron chi connectivity index (χ3n) is 1.13. The maximum atomic E-state index is 11.0. The standard InChI is InChI=1S/C8H13NO4/c1-4-6(13-8(9)11)12-7(10)5(2)3/h4-6H,1H2,2-3H3,(H2,9,11). The van der Waals surface area contributed by atoms with E-state index >= 15 is 0 Å². The van der Waals surface area contributed by atoms with Gasteiger partial charge in [-0.3, -0.25) is 4.79 Å². The summed E-state index contributed by atoms with van der Waals surface area (Å²) in [5, 5.41) is 0. The minimum atomic E-state index is -1.10. The molecule has 0 aromatic carbocycles. The number of amides is 1. The lowest BCUT2D eigenvalue weighted by Crippen LogP contribution is -2.27. The van der Waals surface area contributed by atoms with E-state index in [9.17, 15) is 9.59 Å². The van der Waals surface area contributed by atoms with Crippen LogP contribution in [0.15, 0.2) is 12.7 Å². The fourth-order valence-electron chi connectivity index (χ4n) is 0.485. The first-order chi connectivity index (χ1) is 5.97. The average Bonchev–Trinajstić information content (AvgIpc) is 2.02. The van der Waals surface area contributed by atoms with Gasteiger partial charge in [0, 0.05) is 0 Å². The van der Waals surface area contributed by atoms with E-state index < -0.39 is 18.4 Å². The highest BCUT2D eigenvalue weighted by atomic mass is 16.7. The van der Waals surface area contributed by atoms with E-state index in [0.717, 1.165) is 0 Å². The molecule has 0 aliphatic heterocycles. The number of primary amides is 1. The van der Waals surface area contributed by atoms with Crippen molar-refractivity contribution in [2.45, 2.75) is 20.1 Å². The zero-order valence-electron chi connectivity index (χ0n) is 7.65. The molecule has 1 unspecified atom stereocenters. The summed E-state index contributed by atoms with van der Waals surface area (Å²) in [7, 11) is 0. The molecule has 13 heavy (non-hydrogen) atoms. The van der Waals surface area contributed by atoms with Crippen LogP contribution < -0.4 is 5.73 Å². The molecular weight excluding hydrogens is 174 g/mol. The molecule has 0 bridgehead atoms. The molecular formula is C8H13NO4. The number of rotatable bonds is 4. The molecule has 5 nitrogen and oxygen atoms in total. The van der Waals surface area contributed by atoms with Gasteiger partial charge in [0.15, 0.2) is 0 Å². The maximum absolute atomic E-state index is 11.0. The number of esters is 1. The van der Waals surface area contributed by atoms with Crippen molar-refractivity contribution in [3.63, 3.8) is 0 Å². The van der Waals surface area contributed by atoms with E-state index in [2.05, 4.69) is 11.3 Å². The summed E-state index contributed by atoms with van der Waals surface area (Å²) in [5.74, 6) is -0.773. The van der Waals surface area contributed by atoms with Crippen LogP contribution in [0.2, 0.25) is 0 Å². The smallest absolute Gasteiger partial charge is 0.407 e. The van der Waals surface area contributed by atoms with Gasteiger partial charge in [0.2, 0.25) is 0 Å². The molecule has 0 radical (unpaired) electrons. The third kappa shape index (κ3) is 4.84. The van der Waals surface area contributed by atoms with Crippen LogP contribution in [0.3, 0.4) is 0 Å². The monoisotopic (exact) mass is 187 g/mol. The normalized spacial score (nSPS) is 11.9. The highest BCUT2D eigenvalue weighted by Crippen LogP contribution is 2.02. The van der Waals surface area contributed by atoms with Crippen molar-refractivity contribution >= 4 is 12.1 Å². The Bertz CT molecular complexity index is 212. The second-order valence-corrected chi connectivity index (χ2v) is 2.63. The lowest BCUT2D eigenvalue weighted by molar-refractivity contribution is -0.164. The number of hydrogen-bond donors (Lipinski definition) is 1. The van der Waals surface area contributed by atoms with Crippen molar-refractivity contribution in [1.29, 1.82) is 0 Å². The first-order valence-electron chi connectivity index (χ1n) is 3.76. The Labute approximate surface area is 76.5 Å². The van der Waals surface area contributed by atoms with Gasteiger partial charge in [-0.1, -0.05) is 20.4 Å². The van der Waals surface area contributed by atoms with Gasteiger partial charge in [-0.05, 0) is 6.08 Å². The highest BCUT2D eigenvalue weighted by Gasteiger charge is 2.16. The molecule has 0 saturated carbocycles. The number of hydrogen-bond acceptors (Lipinski definition) is 4. The molecule has 0 aliphatic rings. The predicted octanol–water partition coefficient (Wildman–Crippen LogP) is 0.793. The molecule has 1 amide bonds. The Kier molecular flexibility index (Phi) is 4.58. The van der Waals surface area contributed by atoms with Crippen LogP contribution in [0.25, 0.3) is 0 Å². The SMILES string of the molecule is C=CC(OC(N)=O)OC(=O)C(C)C. The molecule has 0 spiro atoms. The van der Waals surface area contributed by atoms with E-state index in [1.54, 1.807) is 13.8 Å². The summed E-state index contributed by atoms with van der Waals surface area (Å²) in [6.07, 6.45) is -0.945. The summed E-state index contributed by atoms with van der Waals surface area (Å²) in [4.78, 5) is 21.3. The molecule has 0 fully saturated rings. The van der Waals surface area contributed by atoms with Gasteiger partial charge in [-0.2, -0.15) is 0 Å². The van der Waals surface area contributed by atoms with Crippen LogP contribution in [0.5, 0.6) is 0 Å². The Hall–Kier alpha value is -1.52. The van der Waals surface area contributed by atoms with Crippen LogP contribution in [0.1, 0.15) is 13.8 Å². The molecule has 0 saturated heterocycles. The quantitative estimate of drug-likeness (QED) is 0.401. The molecule has 0 aromatic heterocycles. The number of carbonyl (C=O) groups is 2. The van der Waals surface area contributed by atoms with Gasteiger partial charge < -0.3 is 15.2 Å². The van der Waals surface area contributed by atoms with Crippen molar-refractivity contribution in [1.82, 2.24) is 0 Å². The fraction of sp³-hybridized carbons (Fsp3) is 0.500. The van der Waals surface area contributed by atoms with Crippen molar-refractivity contribution in [3.05, 3.63) is 12.7 Å². The molecule has 2 N–H and O–H groups in total. The lowest BCUT2D eigenvalue weighted by Gasteiger charge is -2.14. The molecule has 1 atom stereocenters. The summed E-state index contributed by atoms with van der Waals surface area (Å²) >= 11 is 0. The van der Waals surface area contributed by atoms with Crippen molar-refractivity contribution in [2.75, 3.05) is 0 Å². The van der Waals surface area contributed by atoms with E-state index in [1.807, 2.05) is 0 Å². The van der Waals surface area contributed by atoms with Crippen LogP contribution in [0.4, 0.5) is 4.79 Å². The minimum Gasteiger partial charge on any atom is -0.421 e. The van der Waals surface area contributed by atoms with Crippen LogP contribution >= 0.6 is 0 Å². The van der Waals surface area contributed by atoms with Crippen molar-refractivity contribution in [2.24, 2.45) is 11.7 Å². The Morgan fingerprint density at radius 2 is 1.92 bits per heavy atom. The zero-order valence-corrected chi connectivity index (χ0v) is 7.65. The van der Waals surface area contributed by atoms with Crippen LogP contribution in [-0.4, -0.2) is 18.4 Å². The van der Waals surface area contributed by atoms with Gasteiger partial charge in [-0.25, -0.2) is 4.79 Å². The van der Waals surface area contributed by atoms with Crippen molar-refractivity contribution < 1.29 is 19.1 Å². The summed E-state index contributed by atoms with van der Waals surface area (Å²) in [5.41, 5.74) is 4.72. The van der Waals surface area contributed by atoms with Gasteiger partial charge >= 0.3 is 12.1 Å². The molecule has 0 rings (SSSR count). The predicted molar refractivity (Wildman–Crippen MR) is 45.6 cm³/mol. The van der Waals surface area contributed by atoms with Gasteiger partial charge in [-0.15, -0.1) is 0 Å². The Balaban J connectivity index is 4.05. The van der Waals surface area contributed by atoms with Crippen molar-refractivity contribution in [3.8, 4) is 0 Å². The Morgan fingerprint density at radius 1 is 1.38 bits per heavy atom. The topological polar surface area (TPSA) is 78.6 Å². The number of nitrogens with two attached hydrogens (primary N) is 1. The summed E-state index contributed by atoms with van der Waals surface area (Å²) < 4.78 is 9.09. The number of carbonyl (C=O) groups excluding carboxylic acids is 2. The van der Waals surface area contributed by atoms with Gasteiger partial charge in [0.05, 0.1) is 5.92 Å². The number of ether oxygens (including phenoxy) is 2. The first-order valence-corrected chi connectivity index (χ1v) is 3.76. The fourth-order valence-corrected chi connectivity index (χ4v) is 0.485. The van der Waals surface area contributed by atoms with Gasteiger partial charge in [0.25, 0.3) is 6.29 Å². The average molecular weight is 187 g/mol. The van der Waals surface area contributed by atoms with E-state index in [0.29, 0.717) is 0 Å². The van der Waals surface area contributed by atoms with Crippen LogP contribution in [0, 0.1) is 5.92 Å². The largest absolute Gasteiger partial charge is 0.421 e. The molecule has 0 aliphatic carbocycles. The summed E-state index contributed by atoms with van der Waals surface area (Å²) in [6, 6.07) is 0. The van der Waals surface area contributed by atoms with E-state index in [-0.39, 0.29) is 5.92 Å². The van der Waals surface area contributed by atoms with E-state index in [4.69, 9.17) is 10.5 Å². The Morgan fingerprint density at radius 3 is 2.23 bits per heavy atom. The minimum absolute atomic E-state index is 0.293. The second kappa shape index (κ2) is 5.18. The first kappa shape index (κ1) is 11.5. The lowest BCUT2D eigenvalue weighted by atomic mass is 10.2. The zero-order chi connectivity index (χ0) is 10.4. The third-order valence-corrected chi connectivity index (χ3v) is 1.13. The molecule has 0 aromatic rings. The second-order valence-electron chi connectivity index (χ2n) is 2.63. The van der Waals surface area contributed by atoms with E-state index in [1.165, 1.54) is 6.08 Å². The molecule has 5 heteroatoms. The van der Waals surface area contributed by atoms with Gasteiger partial charge in [0.1, 0.15) is 0 Å². The highest BCUT2D eigenvalue weighted by molar-refractivity contribution is 5.72. The molecule has 74 valence electrons. The van der Waals surface area contributed by atoms with Crippen LogP contribution in [-0.2, 0) is 14.3 Å².